The third kappa shape index (κ3) is 4.34. The molecule has 0 spiro atoms. The molecule has 2 saturated carbocycles. The van der Waals surface area contributed by atoms with Crippen LogP contribution >= 0.6 is 0 Å². The van der Waals surface area contributed by atoms with Crippen LogP contribution in [0.1, 0.15) is 52.0 Å². The van der Waals surface area contributed by atoms with Gasteiger partial charge in [-0.2, -0.15) is 0 Å². The smallest absolute Gasteiger partial charge is 0.310 e. The summed E-state index contributed by atoms with van der Waals surface area (Å²) in [4.78, 5) is 23.8. The Bertz CT molecular complexity index is 681. The number of ether oxygens (including phenoxy) is 1. The van der Waals surface area contributed by atoms with Crippen LogP contribution < -0.4 is 5.56 Å². The van der Waals surface area contributed by atoms with Gasteiger partial charge in [0.25, 0.3) is 5.56 Å². The quantitative estimate of drug-likeness (QED) is 0.800. The molecule has 0 saturated heterocycles. The Hall–Kier alpha value is -1.84. The van der Waals surface area contributed by atoms with E-state index in [1.165, 1.54) is 18.4 Å². The standard InChI is InChI=1S/C19H25NO3/c1-19(2,3)23-18(22)16-9-15(10-16)8-14-6-7-17(21)20(12-14)11-13-4-5-13/h6-8,12-13,16H,4-5,9-11H2,1-3H3. The van der Waals surface area contributed by atoms with Gasteiger partial charge in [0.15, 0.2) is 0 Å². The van der Waals surface area contributed by atoms with Crippen molar-refractivity contribution in [2.75, 3.05) is 0 Å². The lowest BCUT2D eigenvalue weighted by molar-refractivity contribution is -0.161. The van der Waals surface area contributed by atoms with Crippen LogP contribution in [0.2, 0.25) is 0 Å². The van der Waals surface area contributed by atoms with E-state index in [0.717, 1.165) is 24.9 Å². The van der Waals surface area contributed by atoms with Gasteiger partial charge in [-0.05, 0) is 64.0 Å². The number of hydrogen-bond donors (Lipinski definition) is 0. The molecule has 3 rings (SSSR count). The van der Waals surface area contributed by atoms with E-state index in [2.05, 4.69) is 6.08 Å². The Kier molecular flexibility index (Phi) is 4.17. The zero-order chi connectivity index (χ0) is 16.6. The summed E-state index contributed by atoms with van der Waals surface area (Å²) in [5.74, 6) is 0.557. The van der Waals surface area contributed by atoms with Gasteiger partial charge in [0.05, 0.1) is 5.92 Å². The molecule has 0 radical (unpaired) electrons. The zero-order valence-electron chi connectivity index (χ0n) is 14.2. The summed E-state index contributed by atoms with van der Waals surface area (Å²) in [6, 6.07) is 3.50. The SMILES string of the molecule is CC(C)(C)OC(=O)C1CC(=Cc2ccc(=O)n(CC3CC3)c2)C1. The lowest BCUT2D eigenvalue weighted by Crippen LogP contribution is -2.32. The van der Waals surface area contributed by atoms with Crippen molar-refractivity contribution in [2.45, 2.75) is 58.6 Å². The topological polar surface area (TPSA) is 48.3 Å². The van der Waals surface area contributed by atoms with Crippen molar-refractivity contribution in [3.63, 3.8) is 0 Å². The third-order valence-electron chi connectivity index (χ3n) is 4.29. The second-order valence-electron chi connectivity index (χ2n) is 7.84. The maximum absolute atomic E-state index is 12.0. The molecule has 1 aromatic heterocycles. The van der Waals surface area contributed by atoms with Crippen LogP contribution in [-0.2, 0) is 16.1 Å². The van der Waals surface area contributed by atoms with Gasteiger partial charge < -0.3 is 9.30 Å². The summed E-state index contributed by atoms with van der Waals surface area (Å²) < 4.78 is 7.23. The van der Waals surface area contributed by atoms with Crippen LogP contribution in [0, 0.1) is 11.8 Å². The van der Waals surface area contributed by atoms with E-state index in [4.69, 9.17) is 4.74 Å². The molecule has 124 valence electrons. The Morgan fingerprint density at radius 2 is 2.00 bits per heavy atom. The minimum absolute atomic E-state index is 0.0159. The van der Waals surface area contributed by atoms with Gasteiger partial charge in [-0.25, -0.2) is 0 Å². The van der Waals surface area contributed by atoms with Crippen LogP contribution in [0.15, 0.2) is 28.7 Å². The molecule has 2 aliphatic rings. The van der Waals surface area contributed by atoms with Gasteiger partial charge in [-0.3, -0.25) is 9.59 Å². The minimum Gasteiger partial charge on any atom is -0.460 e. The highest BCUT2D eigenvalue weighted by Gasteiger charge is 2.33. The van der Waals surface area contributed by atoms with Crippen LogP contribution in [-0.4, -0.2) is 16.1 Å². The summed E-state index contributed by atoms with van der Waals surface area (Å²) in [7, 11) is 0. The summed E-state index contributed by atoms with van der Waals surface area (Å²) in [5, 5.41) is 0. The number of pyridine rings is 1. The lowest BCUT2D eigenvalue weighted by Gasteiger charge is -2.30. The molecule has 0 amide bonds. The molecule has 1 aromatic rings. The molecule has 1 heterocycles. The summed E-state index contributed by atoms with van der Waals surface area (Å²) >= 11 is 0. The first-order valence-corrected chi connectivity index (χ1v) is 8.43. The van der Waals surface area contributed by atoms with Crippen molar-refractivity contribution in [3.8, 4) is 0 Å². The number of allylic oxidation sites excluding steroid dienone is 1. The Labute approximate surface area is 137 Å². The highest BCUT2D eigenvalue weighted by Crippen LogP contribution is 2.36. The predicted molar refractivity (Wildman–Crippen MR) is 90.0 cm³/mol. The first-order chi connectivity index (χ1) is 10.8. The Morgan fingerprint density at radius 1 is 1.30 bits per heavy atom. The molecule has 0 aliphatic heterocycles. The largest absolute Gasteiger partial charge is 0.460 e. The average Bonchev–Trinajstić information content (AvgIpc) is 3.18. The van der Waals surface area contributed by atoms with Gasteiger partial charge in [0.1, 0.15) is 5.60 Å². The molecule has 0 atom stereocenters. The van der Waals surface area contributed by atoms with E-state index in [-0.39, 0.29) is 17.4 Å². The van der Waals surface area contributed by atoms with Gasteiger partial charge in [0, 0.05) is 18.8 Å². The molecule has 23 heavy (non-hydrogen) atoms. The van der Waals surface area contributed by atoms with Crippen molar-refractivity contribution < 1.29 is 9.53 Å². The fourth-order valence-electron chi connectivity index (χ4n) is 2.84. The van der Waals surface area contributed by atoms with Crippen molar-refractivity contribution >= 4 is 12.0 Å². The molecule has 4 heteroatoms. The molecule has 0 N–H and O–H groups in total. The van der Waals surface area contributed by atoms with E-state index < -0.39 is 5.60 Å². The molecule has 2 fully saturated rings. The maximum atomic E-state index is 12.0. The molecule has 0 unspecified atom stereocenters. The Morgan fingerprint density at radius 3 is 2.61 bits per heavy atom. The highest BCUT2D eigenvalue weighted by molar-refractivity contribution is 5.76. The van der Waals surface area contributed by atoms with E-state index >= 15 is 0 Å². The fourth-order valence-corrected chi connectivity index (χ4v) is 2.84. The van der Waals surface area contributed by atoms with E-state index in [1.807, 2.05) is 37.6 Å². The number of aromatic nitrogens is 1. The molecular weight excluding hydrogens is 290 g/mol. The number of carbonyl (C=O) groups is 1. The number of rotatable bonds is 4. The molecule has 0 bridgehead atoms. The van der Waals surface area contributed by atoms with E-state index in [1.54, 1.807) is 6.07 Å². The van der Waals surface area contributed by atoms with Gasteiger partial charge in [-0.15, -0.1) is 0 Å². The summed E-state index contributed by atoms with van der Waals surface area (Å²) in [6.45, 7) is 6.51. The van der Waals surface area contributed by atoms with Crippen molar-refractivity contribution in [3.05, 3.63) is 39.8 Å². The summed E-state index contributed by atoms with van der Waals surface area (Å²) in [5.41, 5.74) is 1.94. The van der Waals surface area contributed by atoms with Gasteiger partial charge in [-0.1, -0.05) is 11.6 Å². The lowest BCUT2D eigenvalue weighted by atomic mass is 9.79. The first-order valence-electron chi connectivity index (χ1n) is 8.43. The maximum Gasteiger partial charge on any atom is 0.310 e. The predicted octanol–water partition coefficient (Wildman–Crippen LogP) is 3.39. The number of hydrogen-bond acceptors (Lipinski definition) is 3. The number of nitrogens with zero attached hydrogens (tertiary/aromatic N) is 1. The fraction of sp³-hybridized carbons (Fsp3) is 0.579. The van der Waals surface area contributed by atoms with Crippen LogP contribution in [0.5, 0.6) is 0 Å². The summed E-state index contributed by atoms with van der Waals surface area (Å²) in [6.07, 6.45) is 8.02. The first kappa shape index (κ1) is 16.0. The average molecular weight is 315 g/mol. The van der Waals surface area contributed by atoms with E-state index in [0.29, 0.717) is 5.92 Å². The van der Waals surface area contributed by atoms with Gasteiger partial charge >= 0.3 is 5.97 Å². The van der Waals surface area contributed by atoms with Crippen LogP contribution in [0.4, 0.5) is 0 Å². The second kappa shape index (κ2) is 5.99. The molecule has 0 aromatic carbocycles. The highest BCUT2D eigenvalue weighted by atomic mass is 16.6. The van der Waals surface area contributed by atoms with Gasteiger partial charge in [0.2, 0.25) is 0 Å². The molecule has 4 nitrogen and oxygen atoms in total. The monoisotopic (exact) mass is 315 g/mol. The van der Waals surface area contributed by atoms with Crippen molar-refractivity contribution in [2.24, 2.45) is 11.8 Å². The Balaban J connectivity index is 1.61. The third-order valence-corrected chi connectivity index (χ3v) is 4.29. The van der Waals surface area contributed by atoms with Crippen LogP contribution in [0.3, 0.4) is 0 Å². The van der Waals surface area contributed by atoms with Crippen molar-refractivity contribution in [1.82, 2.24) is 4.57 Å². The second-order valence-corrected chi connectivity index (χ2v) is 7.84. The minimum atomic E-state index is -0.422. The number of carbonyl (C=O) groups excluding carboxylic acids is 1. The van der Waals surface area contributed by atoms with E-state index in [9.17, 15) is 9.59 Å². The van der Waals surface area contributed by atoms with Crippen LogP contribution in [0.25, 0.3) is 6.08 Å². The molecular formula is C19H25NO3. The van der Waals surface area contributed by atoms with Crippen molar-refractivity contribution in [1.29, 1.82) is 0 Å². The number of esters is 1. The normalized spacial score (nSPS) is 20.8. The molecule has 2 aliphatic carbocycles. The zero-order valence-corrected chi connectivity index (χ0v) is 14.2.